The summed E-state index contributed by atoms with van der Waals surface area (Å²) in [5.41, 5.74) is 23.9. The summed E-state index contributed by atoms with van der Waals surface area (Å²) < 4.78 is 0. The van der Waals surface area contributed by atoms with Gasteiger partial charge < -0.3 is 15.0 Å². The van der Waals surface area contributed by atoms with Crippen LogP contribution in [0.1, 0.15) is 98.3 Å². The minimum Gasteiger partial charge on any atom is -0.304 e. The quantitative estimate of drug-likeness (QED) is 0.0960. The Hall–Kier alpha value is -7.36. The van der Waals surface area contributed by atoms with Crippen LogP contribution in [0.15, 0.2) is 201 Å². The van der Waals surface area contributed by atoms with Gasteiger partial charge in [-0.15, -0.1) is 108 Å². The smallest absolute Gasteiger partial charge is 0.304 e. The molecule has 10 rings (SSSR count). The molecule has 10 aromatic rings. The monoisotopic (exact) mass is 1210 g/mol. The zero-order chi connectivity index (χ0) is 54.4. The molecule has 7 aromatic carbocycles. The van der Waals surface area contributed by atoms with Crippen molar-refractivity contribution in [1.29, 1.82) is 0 Å². The largest absolute Gasteiger partial charge is 3.00 e. The Morgan fingerprint density at radius 3 is 0.797 bits per heavy atom. The predicted octanol–water partition coefficient (Wildman–Crippen LogP) is 20.2. The van der Waals surface area contributed by atoms with Crippen LogP contribution in [-0.4, -0.2) is 15.0 Å². The summed E-state index contributed by atoms with van der Waals surface area (Å²) in [5.74, 6) is 0. The molecule has 0 spiro atoms. The minimum atomic E-state index is 0. The van der Waals surface area contributed by atoms with E-state index in [0.717, 1.165) is 139 Å². The van der Waals surface area contributed by atoms with Crippen LogP contribution >= 0.6 is 0 Å². The van der Waals surface area contributed by atoms with Gasteiger partial charge >= 0.3 is 20.1 Å². The Kier molecular flexibility index (Phi) is 17.4. The third-order valence-electron chi connectivity index (χ3n) is 14.9. The molecule has 0 amide bonds. The molecule has 3 nitrogen and oxygen atoms in total. The summed E-state index contributed by atoms with van der Waals surface area (Å²) >= 11 is 0. The number of hydrogen-bond donors (Lipinski definition) is 0. The number of aromatic nitrogens is 3. The van der Waals surface area contributed by atoms with Crippen molar-refractivity contribution < 1.29 is 20.1 Å². The number of benzene rings is 7. The molecule has 0 radical (unpaired) electrons. The molecule has 0 atom stereocenters. The second-order valence-corrected chi connectivity index (χ2v) is 24.6. The van der Waals surface area contributed by atoms with Crippen LogP contribution in [0, 0.1) is 34.4 Å². The van der Waals surface area contributed by atoms with Crippen molar-refractivity contribution in [1.82, 2.24) is 15.0 Å². The molecule has 3 heterocycles. The third kappa shape index (κ3) is 13.9. The number of hydrogen-bond acceptors (Lipinski definition) is 3. The fraction of sp³-hybridized carbons (Fsp3) is 0.240. The van der Waals surface area contributed by atoms with Gasteiger partial charge in [0.05, 0.1) is 0 Å². The van der Waals surface area contributed by atoms with Crippen LogP contribution in [0.2, 0.25) is 0 Å². The summed E-state index contributed by atoms with van der Waals surface area (Å²) in [4.78, 5) is 15.5. The zero-order valence-electron chi connectivity index (χ0n) is 47.5. The molecular formula is C75H72IrN3. The van der Waals surface area contributed by atoms with Gasteiger partial charge in [0.1, 0.15) is 0 Å². The van der Waals surface area contributed by atoms with E-state index in [-0.39, 0.29) is 36.4 Å². The first-order valence-corrected chi connectivity index (χ1v) is 27.9. The molecule has 0 saturated carbocycles. The van der Waals surface area contributed by atoms with Crippen LogP contribution in [0.3, 0.4) is 0 Å². The van der Waals surface area contributed by atoms with Crippen molar-refractivity contribution >= 4 is 0 Å². The Bertz CT molecular complexity index is 3270. The Morgan fingerprint density at radius 2 is 0.557 bits per heavy atom. The van der Waals surface area contributed by atoms with Crippen molar-refractivity contribution in [2.75, 3.05) is 0 Å². The van der Waals surface area contributed by atoms with Crippen molar-refractivity contribution in [3.63, 3.8) is 0 Å². The van der Waals surface area contributed by atoms with E-state index in [1.54, 1.807) is 0 Å². The van der Waals surface area contributed by atoms with E-state index in [9.17, 15) is 0 Å². The number of rotatable bonds is 15. The molecule has 0 bridgehead atoms. The van der Waals surface area contributed by atoms with Crippen LogP contribution in [0.5, 0.6) is 0 Å². The van der Waals surface area contributed by atoms with E-state index >= 15 is 0 Å². The van der Waals surface area contributed by atoms with E-state index in [1.165, 1.54) is 16.7 Å². The normalized spacial score (nSPS) is 11.8. The zero-order valence-corrected chi connectivity index (χ0v) is 49.9. The SMILES string of the molecule is CC(C)(C)CCc1cc(-c2[c-]cccc2)ncc1-c1ccccc1-c1cc(-c2ccccc2-c2cnc(-c3[c-]cccc3)cc2CCC(C)(C)C)cc(-c2ccccc2-c2cnc(-c3[c-]cccc3)cc2CCC(C)(C)C)c1.[Ir+3]. The summed E-state index contributed by atoms with van der Waals surface area (Å²) in [5, 5.41) is 0. The molecule has 0 unspecified atom stereocenters. The second-order valence-electron chi connectivity index (χ2n) is 24.6. The summed E-state index contributed by atoms with van der Waals surface area (Å²) in [6.45, 7) is 21.0. The van der Waals surface area contributed by atoms with Gasteiger partial charge in [0.2, 0.25) is 0 Å². The van der Waals surface area contributed by atoms with Crippen LogP contribution in [0.25, 0.3) is 101 Å². The fourth-order valence-corrected chi connectivity index (χ4v) is 10.5. The van der Waals surface area contributed by atoms with Gasteiger partial charge in [0, 0.05) is 35.3 Å². The second kappa shape index (κ2) is 24.3. The maximum atomic E-state index is 5.17. The molecule has 3 aromatic heterocycles. The number of nitrogens with zero attached hydrogens (tertiary/aromatic N) is 3. The van der Waals surface area contributed by atoms with Crippen LogP contribution in [-0.2, 0) is 39.4 Å². The molecule has 4 heteroatoms. The van der Waals surface area contributed by atoms with E-state index < -0.39 is 0 Å². The predicted molar refractivity (Wildman–Crippen MR) is 329 cm³/mol. The first kappa shape index (κ1) is 56.4. The van der Waals surface area contributed by atoms with Crippen molar-refractivity contribution in [2.45, 2.75) is 101 Å². The average Bonchev–Trinajstić information content (AvgIpc) is 3.47. The first-order chi connectivity index (χ1) is 37.5. The Balaban J connectivity index is 0.00000757. The van der Waals surface area contributed by atoms with Crippen molar-refractivity contribution in [3.05, 3.63) is 235 Å². The maximum Gasteiger partial charge on any atom is 3.00 e. The van der Waals surface area contributed by atoms with Crippen LogP contribution < -0.4 is 0 Å². The molecule has 79 heavy (non-hydrogen) atoms. The fourth-order valence-electron chi connectivity index (χ4n) is 10.5. The standard InChI is InChI=1S/C75H72N3.Ir/c1-73(2,3)40-37-55-46-70(52-25-13-10-14-26-52)76-49-67(55)64-34-22-19-31-61(64)58-43-59(62-32-20-23-35-65(62)68-50-77-71(53-27-15-11-16-28-53)47-56(68)38-41-74(4,5)6)45-60(44-58)63-33-21-24-36-66(63)69-51-78-72(54-29-17-12-18-30-54)48-57(69)39-42-75(7,8)9;/h10-25,27,29,31-36,43-51H,37-42H2,1-9H3;/q-3;+3. The minimum absolute atomic E-state index is 0. The summed E-state index contributed by atoms with van der Waals surface area (Å²) in [7, 11) is 0. The van der Waals surface area contributed by atoms with Gasteiger partial charge in [0.25, 0.3) is 0 Å². The van der Waals surface area contributed by atoms with Gasteiger partial charge in [-0.25, -0.2) is 0 Å². The molecule has 0 aliphatic rings. The first-order valence-electron chi connectivity index (χ1n) is 27.9. The molecule has 0 aliphatic carbocycles. The van der Waals surface area contributed by atoms with Crippen LogP contribution in [0.4, 0.5) is 0 Å². The number of aryl methyl sites for hydroxylation is 3. The van der Waals surface area contributed by atoms with Gasteiger partial charge in [-0.05, 0) is 157 Å². The summed E-state index contributed by atoms with van der Waals surface area (Å²) in [6, 6.07) is 75.7. The molecule has 0 aliphatic heterocycles. The van der Waals surface area contributed by atoms with Gasteiger partial charge in [0.15, 0.2) is 0 Å². The molecule has 0 fully saturated rings. The van der Waals surface area contributed by atoms with Gasteiger partial charge in [-0.1, -0.05) is 153 Å². The Labute approximate surface area is 485 Å². The number of pyridine rings is 3. The Morgan fingerprint density at radius 1 is 0.304 bits per heavy atom. The molecular weight excluding hydrogens is 1140 g/mol. The van der Waals surface area contributed by atoms with E-state index in [2.05, 4.69) is 245 Å². The molecule has 396 valence electrons. The summed E-state index contributed by atoms with van der Waals surface area (Å²) in [6.07, 6.45) is 12.2. The maximum absolute atomic E-state index is 5.17. The molecule has 0 N–H and O–H groups in total. The van der Waals surface area contributed by atoms with E-state index in [4.69, 9.17) is 15.0 Å². The van der Waals surface area contributed by atoms with E-state index in [1.807, 2.05) is 36.4 Å². The van der Waals surface area contributed by atoms with E-state index in [0.29, 0.717) is 0 Å². The van der Waals surface area contributed by atoms with Crippen molar-refractivity contribution in [3.8, 4) is 101 Å². The van der Waals surface area contributed by atoms with Gasteiger partial charge in [-0.2, -0.15) is 0 Å². The van der Waals surface area contributed by atoms with Crippen molar-refractivity contribution in [2.24, 2.45) is 16.2 Å². The molecule has 0 saturated heterocycles. The third-order valence-corrected chi connectivity index (χ3v) is 14.9. The average molecular weight is 1210 g/mol. The topological polar surface area (TPSA) is 38.7 Å². The van der Waals surface area contributed by atoms with Gasteiger partial charge in [-0.3, -0.25) is 0 Å².